The monoisotopic (exact) mass is 1450 g/mol. The third-order valence-electron chi connectivity index (χ3n) is 11.6. The highest BCUT2D eigenvalue weighted by Crippen LogP contribution is 2.45. The van der Waals surface area contributed by atoms with Gasteiger partial charge in [-0.3, -0.25) is 27.2 Å². The van der Waals surface area contributed by atoms with Gasteiger partial charge in [0.1, 0.15) is 39.2 Å². The maximum absolute atomic E-state index is 12.7. The van der Waals surface area contributed by atoms with Crippen molar-refractivity contribution in [2.24, 2.45) is 30.7 Å². The summed E-state index contributed by atoms with van der Waals surface area (Å²) >= 11 is 1.81. The Labute approximate surface area is 533 Å². The van der Waals surface area contributed by atoms with Crippen LogP contribution in [0.5, 0.6) is 17.4 Å². The molecule has 0 unspecified atom stereocenters. The number of thioether (sulfide) groups is 1. The molecule has 494 valence electrons. The molecule has 92 heavy (non-hydrogen) atoms. The molecule has 0 radical (unpaired) electrons. The molecule has 0 aliphatic carbocycles. The van der Waals surface area contributed by atoms with E-state index < -0.39 is 99.7 Å². The van der Waals surface area contributed by atoms with Crippen LogP contribution in [0.3, 0.4) is 0 Å². The Bertz CT molecular complexity index is 5110. The number of aliphatic hydroxyl groups excluding tert-OH is 1. The third kappa shape index (κ3) is 21.5. The number of nitriles is 1. The number of para-hydroxylation sites is 2. The molecule has 0 spiro atoms. The number of nitrogens with zero attached hydrogens (tertiary/aromatic N) is 10. The molecule has 5 aromatic carbocycles. The van der Waals surface area contributed by atoms with E-state index in [4.69, 9.17) is 39.3 Å². The van der Waals surface area contributed by atoms with Crippen molar-refractivity contribution in [3.63, 3.8) is 0 Å². The molecule has 8 aromatic rings. The van der Waals surface area contributed by atoms with Crippen LogP contribution in [0.1, 0.15) is 48.4 Å². The summed E-state index contributed by atoms with van der Waals surface area (Å²) in [6.07, 6.45) is 0.994. The summed E-state index contributed by atoms with van der Waals surface area (Å²) in [6.45, 7) is 4.12. The van der Waals surface area contributed by atoms with Crippen molar-refractivity contribution in [3.8, 4) is 23.4 Å². The van der Waals surface area contributed by atoms with Crippen LogP contribution in [0.15, 0.2) is 112 Å². The number of aromatic nitrogens is 3. The van der Waals surface area contributed by atoms with E-state index in [2.05, 4.69) is 46.7 Å². The number of aryl methyl sites for hydroxylation is 1. The van der Waals surface area contributed by atoms with Gasteiger partial charge < -0.3 is 19.7 Å². The van der Waals surface area contributed by atoms with Crippen molar-refractivity contribution in [2.75, 3.05) is 36.7 Å². The molecular weight excluding hydrogens is 1410 g/mol. The fourth-order valence-electron chi connectivity index (χ4n) is 7.87. The van der Waals surface area contributed by atoms with E-state index in [9.17, 15) is 75.8 Å². The molecule has 0 atom stereocenters. The van der Waals surface area contributed by atoms with E-state index in [1.807, 2.05) is 0 Å². The minimum absolute atomic E-state index is 0.00671. The Hall–Kier alpha value is -8.01. The molecule has 0 aliphatic heterocycles. The number of azo groups is 3. The first-order valence-electron chi connectivity index (χ1n) is 25.1. The predicted octanol–water partition coefficient (Wildman–Crippen LogP) is 7.99. The molecule has 0 bridgehead atoms. The second kappa shape index (κ2) is 31.5. The highest BCUT2D eigenvalue weighted by atomic mass is 32.2. The summed E-state index contributed by atoms with van der Waals surface area (Å²) in [5.74, 6) is -1.62. The van der Waals surface area contributed by atoms with Crippen LogP contribution < -0.4 is 9.47 Å². The molecule has 0 amide bonds. The fraction of sp³-hybridized carbons (Fsp3) is 0.271. The second-order valence-corrected chi connectivity index (χ2v) is 28.7. The van der Waals surface area contributed by atoms with Crippen LogP contribution in [0.2, 0.25) is 0 Å². The van der Waals surface area contributed by atoms with E-state index in [0.717, 1.165) is 41.3 Å². The number of hydrogen-bond donors (Lipinski definition) is 7. The quantitative estimate of drug-likeness (QED) is 0.0146. The predicted molar refractivity (Wildman–Crippen MR) is 328 cm³/mol. The lowest BCUT2D eigenvalue weighted by atomic mass is 10.1. The van der Waals surface area contributed by atoms with Crippen molar-refractivity contribution >= 4 is 166 Å². The average Bonchev–Trinajstić information content (AvgIpc) is 1.48. The Balaban J connectivity index is 0.00000108. The number of thiazole rings is 1. The minimum atomic E-state index is -4.99. The molecule has 3 aromatic heterocycles. The number of aliphatic hydroxyl groups is 1. The molecule has 0 saturated heterocycles. The van der Waals surface area contributed by atoms with Gasteiger partial charge in [-0.15, -0.1) is 62.6 Å². The Kier molecular flexibility index (Phi) is 25.6. The molecule has 44 heteroatoms. The summed E-state index contributed by atoms with van der Waals surface area (Å²) < 4.78 is 225. The van der Waals surface area contributed by atoms with Gasteiger partial charge in [0.25, 0.3) is 50.6 Å². The van der Waals surface area contributed by atoms with E-state index in [1.165, 1.54) is 28.7 Å². The number of ether oxygens (including phenoxy) is 2. The van der Waals surface area contributed by atoms with Crippen LogP contribution in [-0.4, -0.2) is 151 Å². The zero-order valence-corrected chi connectivity index (χ0v) is 54.7. The largest absolute Gasteiger partial charge is 0.493 e. The van der Waals surface area contributed by atoms with Gasteiger partial charge in [-0.1, -0.05) is 30.4 Å². The van der Waals surface area contributed by atoms with Crippen LogP contribution in [0.25, 0.3) is 37.7 Å². The molecule has 7 N–H and O–H groups in total. The van der Waals surface area contributed by atoms with E-state index in [0.29, 0.717) is 34.2 Å². The summed E-state index contributed by atoms with van der Waals surface area (Å²) in [4.78, 5) is 7.85. The molecule has 35 nitrogen and oxygen atoms in total. The van der Waals surface area contributed by atoms with Crippen molar-refractivity contribution in [1.82, 2.24) is 14.4 Å². The van der Waals surface area contributed by atoms with Crippen LogP contribution >= 0.6 is 23.1 Å². The van der Waals surface area contributed by atoms with Crippen molar-refractivity contribution in [2.45, 2.75) is 61.3 Å². The molecule has 3 heterocycles. The van der Waals surface area contributed by atoms with E-state index >= 15 is 0 Å². The van der Waals surface area contributed by atoms with Crippen LogP contribution in [0.4, 0.5) is 33.6 Å². The van der Waals surface area contributed by atoms with Gasteiger partial charge in [-0.05, 0) is 86.9 Å². The fourth-order valence-corrected chi connectivity index (χ4v) is 12.2. The lowest BCUT2D eigenvalue weighted by molar-refractivity contribution is 0.282. The van der Waals surface area contributed by atoms with Gasteiger partial charge in [0.2, 0.25) is 11.0 Å². The highest BCUT2D eigenvalue weighted by Gasteiger charge is 2.26. The third-order valence-corrected chi connectivity index (χ3v) is 17.0. The zero-order valence-electron chi connectivity index (χ0n) is 47.3. The maximum atomic E-state index is 12.7. The molecule has 8 rings (SSSR count). The van der Waals surface area contributed by atoms with Crippen molar-refractivity contribution in [3.05, 3.63) is 89.0 Å². The molecule has 0 fully saturated rings. The Morgan fingerprint density at radius 2 is 1.27 bits per heavy atom. The normalized spacial score (nSPS) is 12.2. The van der Waals surface area contributed by atoms with Gasteiger partial charge in [-0.2, -0.15) is 52.5 Å². The topological polar surface area (TPSA) is 561 Å². The standard InChI is InChI=1S/C47H44N10O16S6.CH4O3S.2O3S/c1-4-11-72-38-19-28(78(66,67)68)18-30-29(38)20-41(79(69,70)71)43-44(30)75-47(50-43)56-52-34-22-40(74-13-8-15-77(63,64)65)36(17-27(34)24-58)54-51-33-21-39(73-12-7-14-76(60,61)62)35(16-25(33)2)53-55-42-26(3)31(23-48)45-49-32-9-5-6-10-37(32)57(45)46(42)59;1-5(2,3)4;2*1-4(2)3/h5-6,9-10,16-22,58-59H,4,7-8,11-15,24H2,1-3H3,(H,60,61,62)(H,63,64,65)(H,66,67,68)(H,69,70,71);1H3,(H,2,3,4);;. The number of hydrogen-bond acceptors (Lipinski definition) is 31. The smallest absolute Gasteiger partial charge is 0.425 e. The maximum Gasteiger partial charge on any atom is 0.425 e. The SMILES string of the molecule is CCCOc1cc(S(=O)(=O)O)cc2c1cc(S(=O)(=O)O)c1nc(N=Nc3cc(SCCCS(=O)(=O)O)c(N=Nc4cc(OCCCS(=O)(=O)O)c(N=Nc5c(C)c(C#N)c6nc7ccccc7n6c5O)cc4C)cc3CO)sc12.CS(=O)(=O)O.O=S(=O)=O.O=S(=O)=O. The zero-order chi connectivity index (χ0) is 68.8. The van der Waals surface area contributed by atoms with Gasteiger partial charge in [-0.25, -0.2) is 9.97 Å². The van der Waals surface area contributed by atoms with E-state index in [-0.39, 0.29) is 126 Å². The summed E-state index contributed by atoms with van der Waals surface area (Å²) in [6, 6.07) is 17.9. The number of imidazole rings is 1. The van der Waals surface area contributed by atoms with E-state index in [1.54, 1.807) is 45.0 Å². The van der Waals surface area contributed by atoms with Crippen LogP contribution in [0, 0.1) is 25.2 Å². The molecule has 0 aliphatic rings. The lowest BCUT2D eigenvalue weighted by Crippen LogP contribution is -2.08. The summed E-state index contributed by atoms with van der Waals surface area (Å²) in [5, 5.41) is 58.3. The van der Waals surface area contributed by atoms with Gasteiger partial charge in [0.15, 0.2) is 11.3 Å². The minimum Gasteiger partial charge on any atom is -0.493 e. The first-order valence-corrected chi connectivity index (χ1v) is 36.8. The number of pyridine rings is 1. The summed E-state index contributed by atoms with van der Waals surface area (Å²) in [5.41, 5.74) is 2.08. The Morgan fingerprint density at radius 1 is 0.685 bits per heavy atom. The highest BCUT2D eigenvalue weighted by molar-refractivity contribution is 7.99. The average molecular weight is 1450 g/mol. The number of fused-ring (bicyclic) bond motifs is 6. The van der Waals surface area contributed by atoms with Gasteiger partial charge in [0.05, 0.1) is 75.3 Å². The summed E-state index contributed by atoms with van der Waals surface area (Å²) in [7, 11) is -28.4. The first-order chi connectivity index (χ1) is 42.7. The van der Waals surface area contributed by atoms with Crippen molar-refractivity contribution in [1.29, 1.82) is 5.26 Å². The Morgan fingerprint density at radius 3 is 1.86 bits per heavy atom. The number of benzene rings is 5. The number of aromatic hydroxyl groups is 1. The van der Waals surface area contributed by atoms with Crippen LogP contribution in [-0.2, 0) is 78.4 Å². The van der Waals surface area contributed by atoms with Crippen molar-refractivity contribution < 1.29 is 110 Å². The molecular formula is C48H48N10O25S9. The molecule has 0 saturated carbocycles. The lowest BCUT2D eigenvalue weighted by Gasteiger charge is -2.12. The van der Waals surface area contributed by atoms with Gasteiger partial charge in [0, 0.05) is 38.9 Å². The first kappa shape index (κ1) is 74.7. The number of rotatable bonds is 22. The second-order valence-electron chi connectivity index (χ2n) is 18.3. The van der Waals surface area contributed by atoms with Gasteiger partial charge >= 0.3 is 21.2 Å².